The minimum Gasteiger partial charge on any atom is -0.344 e. The van der Waals surface area contributed by atoms with Crippen molar-refractivity contribution >= 4 is 0 Å². The number of rotatable bonds is 1. The molecule has 0 bridgehead atoms. The molecule has 0 aliphatic rings. The third-order valence-electron chi connectivity index (χ3n) is 1.20. The fourth-order valence-electron chi connectivity index (χ4n) is 0.149. The molecule has 0 radical (unpaired) electrons. The van der Waals surface area contributed by atoms with E-state index in [-0.39, 0.29) is 12.1 Å². The molecule has 0 fully saturated rings. The second kappa shape index (κ2) is 4.61. The van der Waals surface area contributed by atoms with E-state index in [1.54, 1.807) is 0 Å². The van der Waals surface area contributed by atoms with Crippen LogP contribution in [-0.4, -0.2) is 0 Å². The van der Waals surface area contributed by atoms with Crippen LogP contribution in [0.4, 0.5) is 0 Å². The SMILES string of the molecule is CC(C)C(C)C#N.N. The van der Waals surface area contributed by atoms with Crippen LogP contribution in [0.1, 0.15) is 20.8 Å². The Morgan fingerprint density at radius 1 is 1.25 bits per heavy atom. The van der Waals surface area contributed by atoms with Crippen LogP contribution in [0.3, 0.4) is 0 Å². The fraction of sp³-hybridized carbons (Fsp3) is 0.833. The summed E-state index contributed by atoms with van der Waals surface area (Å²) in [7, 11) is 0. The van der Waals surface area contributed by atoms with Crippen LogP contribution in [-0.2, 0) is 0 Å². The molecule has 2 nitrogen and oxygen atoms in total. The highest BCUT2D eigenvalue weighted by Crippen LogP contribution is 2.05. The smallest absolute Gasteiger partial charge is 0.0655 e. The predicted octanol–water partition coefficient (Wildman–Crippen LogP) is 1.96. The highest BCUT2D eigenvalue weighted by atomic mass is 14.3. The predicted molar refractivity (Wildman–Crippen MR) is 34.6 cm³/mol. The molecule has 0 amide bonds. The molecule has 0 aliphatic carbocycles. The molecule has 0 saturated carbocycles. The van der Waals surface area contributed by atoms with E-state index in [0.717, 1.165) is 0 Å². The second-order valence-corrected chi connectivity index (χ2v) is 2.16. The molecule has 8 heavy (non-hydrogen) atoms. The maximum atomic E-state index is 8.26. The van der Waals surface area contributed by atoms with Gasteiger partial charge in [-0.15, -0.1) is 0 Å². The van der Waals surface area contributed by atoms with E-state index in [1.165, 1.54) is 0 Å². The monoisotopic (exact) mass is 114 g/mol. The number of nitrogens with zero attached hydrogens (tertiary/aromatic N) is 1. The summed E-state index contributed by atoms with van der Waals surface area (Å²) in [6.45, 7) is 6.03. The van der Waals surface area contributed by atoms with Crippen molar-refractivity contribution in [2.24, 2.45) is 11.8 Å². The summed E-state index contributed by atoms with van der Waals surface area (Å²) >= 11 is 0. The van der Waals surface area contributed by atoms with Crippen LogP contribution in [0.5, 0.6) is 0 Å². The third-order valence-corrected chi connectivity index (χ3v) is 1.20. The number of nitriles is 1. The van der Waals surface area contributed by atoms with Gasteiger partial charge in [-0.1, -0.05) is 13.8 Å². The van der Waals surface area contributed by atoms with Crippen molar-refractivity contribution in [3.8, 4) is 6.07 Å². The Hall–Kier alpha value is -0.550. The van der Waals surface area contributed by atoms with Crippen LogP contribution < -0.4 is 6.15 Å². The number of hydrogen-bond donors (Lipinski definition) is 1. The fourth-order valence-corrected chi connectivity index (χ4v) is 0.149. The van der Waals surface area contributed by atoms with Crippen LogP contribution in [0.25, 0.3) is 0 Å². The van der Waals surface area contributed by atoms with Crippen molar-refractivity contribution < 1.29 is 0 Å². The highest BCUT2D eigenvalue weighted by molar-refractivity contribution is 4.80. The molecular formula is C6H14N2. The quantitative estimate of drug-likeness (QED) is 0.566. The van der Waals surface area contributed by atoms with Gasteiger partial charge in [-0.05, 0) is 12.8 Å². The molecule has 48 valence electrons. The molecule has 3 N–H and O–H groups in total. The molecule has 2 heteroatoms. The molecule has 0 aliphatic heterocycles. The lowest BCUT2D eigenvalue weighted by molar-refractivity contribution is 0.515. The van der Waals surface area contributed by atoms with Gasteiger partial charge in [0.2, 0.25) is 0 Å². The molecule has 0 aromatic carbocycles. The number of hydrogen-bond acceptors (Lipinski definition) is 2. The Balaban J connectivity index is 0. The molecule has 0 aromatic heterocycles. The average molecular weight is 114 g/mol. The zero-order valence-corrected chi connectivity index (χ0v) is 5.81. The van der Waals surface area contributed by atoms with Gasteiger partial charge in [0, 0.05) is 5.92 Å². The third kappa shape index (κ3) is 3.63. The van der Waals surface area contributed by atoms with Gasteiger partial charge in [-0.3, -0.25) is 0 Å². The molecule has 0 saturated heterocycles. The summed E-state index contributed by atoms with van der Waals surface area (Å²) in [5, 5.41) is 8.26. The van der Waals surface area contributed by atoms with E-state index in [1.807, 2.05) is 20.8 Å². The van der Waals surface area contributed by atoms with E-state index in [2.05, 4.69) is 6.07 Å². The van der Waals surface area contributed by atoms with Crippen LogP contribution in [0.2, 0.25) is 0 Å². The second-order valence-electron chi connectivity index (χ2n) is 2.16. The van der Waals surface area contributed by atoms with Gasteiger partial charge in [0.25, 0.3) is 0 Å². The summed E-state index contributed by atoms with van der Waals surface area (Å²) in [5.74, 6) is 0.713. The van der Waals surface area contributed by atoms with Gasteiger partial charge in [0.15, 0.2) is 0 Å². The molecule has 0 aromatic rings. The first-order valence-electron chi connectivity index (χ1n) is 2.58. The zero-order chi connectivity index (χ0) is 5.86. The van der Waals surface area contributed by atoms with Gasteiger partial charge in [-0.25, -0.2) is 0 Å². The largest absolute Gasteiger partial charge is 0.344 e. The average Bonchev–Trinajstić information content (AvgIpc) is 1.65. The van der Waals surface area contributed by atoms with E-state index in [9.17, 15) is 0 Å². The Morgan fingerprint density at radius 2 is 1.62 bits per heavy atom. The van der Waals surface area contributed by atoms with Crippen molar-refractivity contribution in [2.45, 2.75) is 20.8 Å². The van der Waals surface area contributed by atoms with Crippen molar-refractivity contribution in [3.63, 3.8) is 0 Å². The van der Waals surface area contributed by atoms with Gasteiger partial charge >= 0.3 is 0 Å². The van der Waals surface area contributed by atoms with E-state index >= 15 is 0 Å². The van der Waals surface area contributed by atoms with Crippen LogP contribution in [0.15, 0.2) is 0 Å². The summed E-state index contributed by atoms with van der Waals surface area (Å²) in [5.41, 5.74) is 0. The van der Waals surface area contributed by atoms with Crippen molar-refractivity contribution in [1.29, 1.82) is 5.26 Å². The molecule has 1 atom stereocenters. The molecule has 0 spiro atoms. The van der Waals surface area contributed by atoms with Crippen LogP contribution in [0, 0.1) is 23.2 Å². The first-order valence-corrected chi connectivity index (χ1v) is 2.58. The van der Waals surface area contributed by atoms with E-state index in [0.29, 0.717) is 5.92 Å². The lowest BCUT2D eigenvalue weighted by Crippen LogP contribution is -1.98. The Morgan fingerprint density at radius 3 is 1.62 bits per heavy atom. The van der Waals surface area contributed by atoms with E-state index < -0.39 is 0 Å². The maximum Gasteiger partial charge on any atom is 0.0655 e. The normalized spacial score (nSPS) is 11.9. The summed E-state index contributed by atoms with van der Waals surface area (Å²) in [6, 6.07) is 2.16. The van der Waals surface area contributed by atoms with Gasteiger partial charge in [-0.2, -0.15) is 5.26 Å². The Labute approximate surface area is 51.1 Å². The molecular weight excluding hydrogens is 100 g/mol. The van der Waals surface area contributed by atoms with Crippen molar-refractivity contribution in [2.75, 3.05) is 0 Å². The van der Waals surface area contributed by atoms with Gasteiger partial charge in [0.1, 0.15) is 0 Å². The summed E-state index contributed by atoms with van der Waals surface area (Å²) < 4.78 is 0. The minimum absolute atomic E-state index is 0. The van der Waals surface area contributed by atoms with Crippen molar-refractivity contribution in [3.05, 3.63) is 0 Å². The standard InChI is InChI=1S/C6H11N.H3N/c1-5(2)6(3)4-7;/h5-6H,1-3H3;1H3. The van der Waals surface area contributed by atoms with Crippen LogP contribution >= 0.6 is 0 Å². The summed E-state index contributed by atoms with van der Waals surface area (Å²) in [6.07, 6.45) is 0. The Kier molecular flexibility index (Phi) is 6.01. The Bertz CT molecular complexity index is 81.0. The molecule has 1 unspecified atom stereocenters. The maximum absolute atomic E-state index is 8.26. The molecule has 0 rings (SSSR count). The first-order chi connectivity index (χ1) is 3.18. The van der Waals surface area contributed by atoms with Crippen molar-refractivity contribution in [1.82, 2.24) is 6.15 Å². The van der Waals surface area contributed by atoms with Gasteiger partial charge in [0.05, 0.1) is 6.07 Å². The molecule has 0 heterocycles. The first kappa shape index (κ1) is 10.4. The van der Waals surface area contributed by atoms with Gasteiger partial charge < -0.3 is 6.15 Å². The minimum atomic E-state index is 0. The van der Waals surface area contributed by atoms with E-state index in [4.69, 9.17) is 5.26 Å². The zero-order valence-electron chi connectivity index (χ0n) is 5.81. The highest BCUT2D eigenvalue weighted by Gasteiger charge is 2.02. The lowest BCUT2D eigenvalue weighted by Gasteiger charge is -2.02. The summed E-state index contributed by atoms with van der Waals surface area (Å²) in [4.78, 5) is 0. The topological polar surface area (TPSA) is 58.8 Å². The lowest BCUT2D eigenvalue weighted by atomic mass is 10.0.